The van der Waals surface area contributed by atoms with Gasteiger partial charge in [0.1, 0.15) is 0 Å². The van der Waals surface area contributed by atoms with Crippen molar-refractivity contribution < 1.29 is 9.53 Å². The lowest BCUT2D eigenvalue weighted by molar-refractivity contribution is -0.139. The van der Waals surface area contributed by atoms with E-state index in [1.54, 1.807) is 6.20 Å². The van der Waals surface area contributed by atoms with Gasteiger partial charge in [-0.1, -0.05) is 12.5 Å². The molecule has 1 saturated heterocycles. The summed E-state index contributed by atoms with van der Waals surface area (Å²) in [6.07, 6.45) is 11.0. The standard InChI is InChI=1S/C19H26N2O2/c22-19(18-10-14-5-6-16(18)9-14)21(13-17-4-2-8-23-17)12-15-3-1-7-20-11-15/h1,3,7,11,14,16-18H,2,4-6,8-10,12-13H2/t14-,16-,17-,18+/m0/s1. The molecule has 1 aromatic rings. The van der Waals surface area contributed by atoms with Crippen molar-refractivity contribution in [1.82, 2.24) is 9.88 Å². The molecule has 1 aromatic heterocycles. The molecule has 0 N–H and O–H groups in total. The van der Waals surface area contributed by atoms with Crippen LogP contribution < -0.4 is 0 Å². The largest absolute Gasteiger partial charge is 0.376 e. The first-order chi connectivity index (χ1) is 11.3. The summed E-state index contributed by atoms with van der Waals surface area (Å²) in [5.41, 5.74) is 1.11. The lowest BCUT2D eigenvalue weighted by Gasteiger charge is -2.31. The van der Waals surface area contributed by atoms with Crippen LogP contribution in [0.4, 0.5) is 0 Å². The van der Waals surface area contributed by atoms with E-state index < -0.39 is 0 Å². The number of carbonyl (C=O) groups is 1. The maximum absolute atomic E-state index is 13.2. The number of rotatable bonds is 5. The highest BCUT2D eigenvalue weighted by Crippen LogP contribution is 2.49. The fourth-order valence-electron chi connectivity index (χ4n) is 4.76. The van der Waals surface area contributed by atoms with Gasteiger partial charge >= 0.3 is 0 Å². The Labute approximate surface area is 138 Å². The Morgan fingerprint density at radius 3 is 2.91 bits per heavy atom. The van der Waals surface area contributed by atoms with Gasteiger partial charge in [0.15, 0.2) is 0 Å². The minimum Gasteiger partial charge on any atom is -0.376 e. The summed E-state index contributed by atoms with van der Waals surface area (Å²) in [7, 11) is 0. The van der Waals surface area contributed by atoms with Crippen molar-refractivity contribution in [3.8, 4) is 0 Å². The summed E-state index contributed by atoms with van der Waals surface area (Å²) in [6.45, 7) is 2.25. The third-order valence-electron chi connectivity index (χ3n) is 5.91. The quantitative estimate of drug-likeness (QED) is 0.839. The Kier molecular flexibility index (Phi) is 4.34. The molecule has 2 bridgehead atoms. The third kappa shape index (κ3) is 3.27. The Balaban J connectivity index is 1.48. The number of fused-ring (bicyclic) bond motifs is 2. The molecule has 2 heterocycles. The normalized spacial score (nSPS) is 32.3. The van der Waals surface area contributed by atoms with Crippen molar-refractivity contribution in [3.63, 3.8) is 0 Å². The van der Waals surface area contributed by atoms with Gasteiger partial charge in [-0.2, -0.15) is 0 Å². The zero-order valence-corrected chi connectivity index (χ0v) is 13.7. The van der Waals surface area contributed by atoms with E-state index in [1.165, 1.54) is 19.3 Å². The maximum Gasteiger partial charge on any atom is 0.226 e. The van der Waals surface area contributed by atoms with E-state index in [4.69, 9.17) is 4.74 Å². The molecular weight excluding hydrogens is 288 g/mol. The molecule has 0 radical (unpaired) electrons. The van der Waals surface area contributed by atoms with Crippen LogP contribution in [0.25, 0.3) is 0 Å². The van der Waals surface area contributed by atoms with Crippen molar-refractivity contribution >= 4 is 5.91 Å². The SMILES string of the molecule is O=C([C@@H]1C[C@H]2CC[C@H]1C2)N(Cc1cccnc1)C[C@@H]1CCCO1. The summed E-state index contributed by atoms with van der Waals surface area (Å²) >= 11 is 0. The van der Waals surface area contributed by atoms with E-state index in [0.29, 0.717) is 18.4 Å². The fourth-order valence-corrected chi connectivity index (χ4v) is 4.76. The van der Waals surface area contributed by atoms with Gasteiger partial charge in [0, 0.05) is 38.0 Å². The van der Waals surface area contributed by atoms with Gasteiger partial charge in [-0.05, 0) is 55.6 Å². The minimum absolute atomic E-state index is 0.217. The van der Waals surface area contributed by atoms with Crippen LogP contribution in [0.15, 0.2) is 24.5 Å². The second-order valence-electron chi connectivity index (χ2n) is 7.50. The first-order valence-electron chi connectivity index (χ1n) is 9.09. The predicted octanol–water partition coefficient (Wildman–Crippen LogP) is 3.03. The van der Waals surface area contributed by atoms with Crippen molar-refractivity contribution in [2.24, 2.45) is 17.8 Å². The first kappa shape index (κ1) is 15.1. The topological polar surface area (TPSA) is 42.4 Å². The maximum atomic E-state index is 13.2. The van der Waals surface area contributed by atoms with E-state index in [-0.39, 0.29) is 12.0 Å². The van der Waals surface area contributed by atoms with Crippen molar-refractivity contribution in [2.75, 3.05) is 13.2 Å². The van der Waals surface area contributed by atoms with Crippen molar-refractivity contribution in [1.29, 1.82) is 0 Å². The third-order valence-corrected chi connectivity index (χ3v) is 5.91. The molecule has 4 rings (SSSR count). The van der Waals surface area contributed by atoms with E-state index in [0.717, 1.165) is 43.9 Å². The Hall–Kier alpha value is -1.42. The van der Waals surface area contributed by atoms with Crippen LogP contribution in [0.3, 0.4) is 0 Å². The molecule has 0 aromatic carbocycles. The molecule has 124 valence electrons. The highest BCUT2D eigenvalue weighted by molar-refractivity contribution is 5.79. The molecule has 1 aliphatic heterocycles. The lowest BCUT2D eigenvalue weighted by atomic mass is 9.87. The van der Waals surface area contributed by atoms with Crippen LogP contribution >= 0.6 is 0 Å². The van der Waals surface area contributed by atoms with E-state index in [2.05, 4.69) is 16.0 Å². The number of hydrogen-bond acceptors (Lipinski definition) is 3. The molecule has 2 saturated carbocycles. The monoisotopic (exact) mass is 314 g/mol. The second kappa shape index (κ2) is 6.60. The van der Waals surface area contributed by atoms with Crippen molar-refractivity contribution in [3.05, 3.63) is 30.1 Å². The first-order valence-corrected chi connectivity index (χ1v) is 9.09. The highest BCUT2D eigenvalue weighted by Gasteiger charge is 2.44. The minimum atomic E-state index is 0.217. The number of carbonyl (C=O) groups excluding carboxylic acids is 1. The van der Waals surface area contributed by atoms with Crippen LogP contribution in [0.5, 0.6) is 0 Å². The average molecular weight is 314 g/mol. The Morgan fingerprint density at radius 2 is 2.26 bits per heavy atom. The summed E-state index contributed by atoms with van der Waals surface area (Å²) in [6, 6.07) is 4.01. The van der Waals surface area contributed by atoms with Crippen LogP contribution in [0.2, 0.25) is 0 Å². The lowest BCUT2D eigenvalue weighted by Crippen LogP contribution is -2.41. The van der Waals surface area contributed by atoms with E-state index in [9.17, 15) is 4.79 Å². The van der Waals surface area contributed by atoms with Gasteiger partial charge in [-0.15, -0.1) is 0 Å². The Bertz CT molecular complexity index is 542. The summed E-state index contributed by atoms with van der Waals surface area (Å²) in [5.74, 6) is 2.05. The average Bonchev–Trinajstić information content (AvgIpc) is 3.32. The van der Waals surface area contributed by atoms with Gasteiger partial charge in [-0.3, -0.25) is 9.78 Å². The van der Waals surface area contributed by atoms with Crippen LogP contribution in [-0.4, -0.2) is 35.0 Å². The number of aromatic nitrogens is 1. The summed E-state index contributed by atoms with van der Waals surface area (Å²) in [4.78, 5) is 19.4. The molecule has 4 atom stereocenters. The molecule has 0 spiro atoms. The summed E-state index contributed by atoms with van der Waals surface area (Å²) < 4.78 is 5.79. The van der Waals surface area contributed by atoms with Crippen LogP contribution in [-0.2, 0) is 16.1 Å². The molecule has 23 heavy (non-hydrogen) atoms. The molecule has 1 amide bonds. The van der Waals surface area contributed by atoms with Crippen molar-refractivity contribution in [2.45, 2.75) is 51.2 Å². The van der Waals surface area contributed by atoms with E-state index in [1.807, 2.05) is 12.3 Å². The smallest absolute Gasteiger partial charge is 0.226 e. The molecule has 0 unspecified atom stereocenters. The highest BCUT2D eigenvalue weighted by atomic mass is 16.5. The number of ether oxygens (including phenoxy) is 1. The number of hydrogen-bond donors (Lipinski definition) is 0. The summed E-state index contributed by atoms with van der Waals surface area (Å²) in [5, 5.41) is 0. The predicted molar refractivity (Wildman–Crippen MR) is 87.6 cm³/mol. The second-order valence-corrected chi connectivity index (χ2v) is 7.50. The molecule has 3 aliphatic rings. The zero-order valence-electron chi connectivity index (χ0n) is 13.7. The Morgan fingerprint density at radius 1 is 1.30 bits per heavy atom. The van der Waals surface area contributed by atoms with Gasteiger partial charge in [0.25, 0.3) is 0 Å². The molecular formula is C19H26N2O2. The van der Waals surface area contributed by atoms with Crippen LogP contribution in [0, 0.1) is 17.8 Å². The van der Waals surface area contributed by atoms with Gasteiger partial charge < -0.3 is 9.64 Å². The zero-order chi connectivity index (χ0) is 15.6. The molecule has 3 fully saturated rings. The van der Waals surface area contributed by atoms with E-state index >= 15 is 0 Å². The molecule has 2 aliphatic carbocycles. The number of amides is 1. The molecule has 4 nitrogen and oxygen atoms in total. The number of pyridine rings is 1. The van der Waals surface area contributed by atoms with Gasteiger partial charge in [0.05, 0.1) is 6.10 Å². The fraction of sp³-hybridized carbons (Fsp3) is 0.684. The molecule has 4 heteroatoms. The van der Waals surface area contributed by atoms with Gasteiger partial charge in [-0.25, -0.2) is 0 Å². The van der Waals surface area contributed by atoms with Crippen LogP contribution in [0.1, 0.15) is 44.1 Å². The number of nitrogens with zero attached hydrogens (tertiary/aromatic N) is 2. The van der Waals surface area contributed by atoms with Gasteiger partial charge in [0.2, 0.25) is 5.91 Å².